The van der Waals surface area contributed by atoms with Gasteiger partial charge >= 0.3 is 6.03 Å². The second-order valence-corrected chi connectivity index (χ2v) is 7.48. The largest absolute Gasteiger partial charge is 0.368 e. The van der Waals surface area contributed by atoms with E-state index in [-0.39, 0.29) is 12.1 Å². The van der Waals surface area contributed by atoms with E-state index in [0.717, 1.165) is 42.9 Å². The summed E-state index contributed by atoms with van der Waals surface area (Å²) in [5.41, 5.74) is 2.49. The van der Waals surface area contributed by atoms with Crippen LogP contribution in [0.4, 0.5) is 22.1 Å². The molecule has 0 spiro atoms. The molecule has 29 heavy (non-hydrogen) atoms. The van der Waals surface area contributed by atoms with Crippen LogP contribution in [0.3, 0.4) is 0 Å². The zero-order valence-corrected chi connectivity index (χ0v) is 16.3. The summed E-state index contributed by atoms with van der Waals surface area (Å²) in [5, 5.41) is 3.42. The maximum Gasteiger partial charge on any atom is 0.328 e. The third kappa shape index (κ3) is 3.36. The van der Waals surface area contributed by atoms with Crippen LogP contribution in [-0.2, 0) is 0 Å². The summed E-state index contributed by atoms with van der Waals surface area (Å²) in [6, 6.07) is 7.30. The quantitative estimate of drug-likeness (QED) is 0.698. The first kappa shape index (κ1) is 17.8. The van der Waals surface area contributed by atoms with Crippen LogP contribution in [0.1, 0.15) is 12.8 Å². The summed E-state index contributed by atoms with van der Waals surface area (Å²) in [5.74, 6) is 1.11. The highest BCUT2D eigenvalue weighted by atomic mass is 35.5. The molecule has 3 aromatic heterocycles. The Morgan fingerprint density at radius 2 is 2.00 bits per heavy atom. The minimum atomic E-state index is -0.243. The molecule has 1 N–H and O–H groups in total. The summed E-state index contributed by atoms with van der Waals surface area (Å²) >= 11 is 6.10. The van der Waals surface area contributed by atoms with Gasteiger partial charge in [0, 0.05) is 43.3 Å². The molecule has 3 aliphatic heterocycles. The number of nitrogens with zero attached hydrogens (tertiary/aromatic N) is 6. The minimum Gasteiger partial charge on any atom is -0.368 e. The average molecular weight is 408 g/mol. The Kier molecular flexibility index (Phi) is 4.48. The van der Waals surface area contributed by atoms with Gasteiger partial charge in [0.2, 0.25) is 0 Å². The van der Waals surface area contributed by atoms with Gasteiger partial charge < -0.3 is 4.90 Å². The van der Waals surface area contributed by atoms with Crippen molar-refractivity contribution in [1.29, 1.82) is 0 Å². The summed E-state index contributed by atoms with van der Waals surface area (Å²) in [7, 11) is 0. The van der Waals surface area contributed by atoms with Crippen LogP contribution in [0.5, 0.6) is 0 Å². The molecule has 6 rings (SSSR count). The number of nitrogens with one attached hydrogen (secondary N) is 1. The van der Waals surface area contributed by atoms with E-state index in [2.05, 4.69) is 25.2 Å². The zero-order chi connectivity index (χ0) is 19.8. The molecule has 6 heterocycles. The Balaban J connectivity index is 1.57. The van der Waals surface area contributed by atoms with E-state index in [1.54, 1.807) is 29.6 Å². The molecule has 3 aromatic rings. The van der Waals surface area contributed by atoms with Crippen LogP contribution in [0, 0.1) is 0 Å². The normalized spacial score (nSPS) is 15.8. The Labute approximate surface area is 172 Å². The number of anilines is 3. The fraction of sp³-hybridized carbons (Fsp3) is 0.250. The fourth-order valence-corrected chi connectivity index (χ4v) is 4.09. The molecule has 0 radical (unpaired) electrons. The molecule has 3 aliphatic rings. The van der Waals surface area contributed by atoms with Crippen LogP contribution >= 0.6 is 11.6 Å². The highest BCUT2D eigenvalue weighted by Gasteiger charge is 2.37. The molecule has 0 saturated carbocycles. The number of pyridine rings is 2. The van der Waals surface area contributed by atoms with Gasteiger partial charge in [-0.2, -0.15) is 0 Å². The lowest BCUT2D eigenvalue weighted by atomic mass is 10.1. The van der Waals surface area contributed by atoms with Gasteiger partial charge in [-0.1, -0.05) is 11.6 Å². The molecule has 2 amide bonds. The van der Waals surface area contributed by atoms with Gasteiger partial charge in [-0.3, -0.25) is 15.2 Å². The molecule has 1 saturated heterocycles. The first-order chi connectivity index (χ1) is 14.2. The van der Waals surface area contributed by atoms with Gasteiger partial charge in [0.05, 0.1) is 16.4 Å². The van der Waals surface area contributed by atoms with Crippen LogP contribution in [0.25, 0.3) is 11.3 Å². The van der Waals surface area contributed by atoms with E-state index >= 15 is 0 Å². The zero-order valence-electron chi connectivity index (χ0n) is 15.5. The number of piperidine rings is 1. The van der Waals surface area contributed by atoms with Crippen LogP contribution in [0.2, 0.25) is 5.02 Å². The molecule has 0 aliphatic carbocycles. The highest BCUT2D eigenvalue weighted by Crippen LogP contribution is 2.39. The first-order valence-electron chi connectivity index (χ1n) is 9.42. The smallest absolute Gasteiger partial charge is 0.328 e. The lowest BCUT2D eigenvalue weighted by Gasteiger charge is -2.31. The predicted octanol–water partition coefficient (Wildman–Crippen LogP) is 3.61. The standard InChI is InChI=1S/C20H18ClN7O/c21-14-9-13(10-23-11-14)16-1-2-17-19(25-16)28(15-4-7-27(17)8-5-15)20(29)26-18-3-6-22-12-24-18/h1-3,6,9-12,15H,4-5,7-8H2,(H,22,24,26,29). The van der Waals surface area contributed by atoms with Gasteiger partial charge in [0.25, 0.3) is 0 Å². The van der Waals surface area contributed by atoms with Gasteiger partial charge in [-0.25, -0.2) is 19.7 Å². The van der Waals surface area contributed by atoms with Crippen molar-refractivity contribution >= 4 is 35.0 Å². The second-order valence-electron chi connectivity index (χ2n) is 7.04. The molecule has 146 valence electrons. The summed E-state index contributed by atoms with van der Waals surface area (Å²) < 4.78 is 0. The van der Waals surface area contributed by atoms with Crippen LogP contribution < -0.4 is 15.1 Å². The second kappa shape index (κ2) is 7.29. The van der Waals surface area contributed by atoms with Crippen LogP contribution in [-0.4, -0.2) is 45.1 Å². The topological polar surface area (TPSA) is 87.1 Å². The maximum atomic E-state index is 13.2. The number of hydrogen-bond donors (Lipinski definition) is 1. The molecule has 0 unspecified atom stereocenters. The number of amides is 2. The maximum absolute atomic E-state index is 13.2. The first-order valence-corrected chi connectivity index (χ1v) is 9.80. The Morgan fingerprint density at radius 1 is 1.14 bits per heavy atom. The Bertz CT molecular complexity index is 1050. The Hall–Kier alpha value is -3.26. The van der Waals surface area contributed by atoms with E-state index < -0.39 is 0 Å². The van der Waals surface area contributed by atoms with Crippen molar-refractivity contribution in [2.24, 2.45) is 0 Å². The highest BCUT2D eigenvalue weighted by molar-refractivity contribution is 6.30. The number of urea groups is 1. The third-order valence-corrected chi connectivity index (χ3v) is 5.50. The van der Waals surface area contributed by atoms with Crippen molar-refractivity contribution in [3.8, 4) is 11.3 Å². The molecule has 0 atom stereocenters. The van der Waals surface area contributed by atoms with Crippen molar-refractivity contribution in [3.05, 3.63) is 54.2 Å². The van der Waals surface area contributed by atoms with E-state index in [1.807, 2.05) is 18.2 Å². The number of hydrogen-bond acceptors (Lipinski definition) is 6. The number of carbonyl (C=O) groups is 1. The lowest BCUT2D eigenvalue weighted by Crippen LogP contribution is -2.46. The van der Waals surface area contributed by atoms with Crippen LogP contribution in [0.15, 0.2) is 49.2 Å². The molecule has 1 fully saturated rings. The Morgan fingerprint density at radius 3 is 2.76 bits per heavy atom. The number of fused-ring (bicyclic) bond motifs is 2. The number of rotatable bonds is 2. The van der Waals surface area contributed by atoms with E-state index in [1.165, 1.54) is 6.33 Å². The van der Waals surface area contributed by atoms with Crippen molar-refractivity contribution in [2.75, 3.05) is 28.2 Å². The summed E-state index contributed by atoms with van der Waals surface area (Å²) in [4.78, 5) is 34.3. The lowest BCUT2D eigenvalue weighted by molar-refractivity contribution is 0.253. The van der Waals surface area contributed by atoms with E-state index in [4.69, 9.17) is 16.6 Å². The number of halogens is 1. The molecular formula is C20H18ClN7O. The van der Waals surface area contributed by atoms with E-state index in [9.17, 15) is 4.79 Å². The van der Waals surface area contributed by atoms with Gasteiger partial charge in [0.15, 0.2) is 5.82 Å². The molecule has 0 aromatic carbocycles. The van der Waals surface area contributed by atoms with E-state index in [0.29, 0.717) is 16.7 Å². The van der Waals surface area contributed by atoms with Crippen molar-refractivity contribution in [2.45, 2.75) is 18.9 Å². The molecule has 2 bridgehead atoms. The number of carbonyl (C=O) groups excluding carboxylic acids is 1. The third-order valence-electron chi connectivity index (χ3n) is 5.29. The van der Waals surface area contributed by atoms with Gasteiger partial charge in [-0.15, -0.1) is 0 Å². The molecule has 9 heteroatoms. The van der Waals surface area contributed by atoms with Crippen molar-refractivity contribution < 1.29 is 4.79 Å². The predicted molar refractivity (Wildman–Crippen MR) is 111 cm³/mol. The summed E-state index contributed by atoms with van der Waals surface area (Å²) in [6.07, 6.45) is 8.09. The average Bonchev–Trinajstić information content (AvgIpc) is 3.00. The molecule has 8 nitrogen and oxygen atoms in total. The fourth-order valence-electron chi connectivity index (χ4n) is 3.91. The van der Waals surface area contributed by atoms with Crippen molar-refractivity contribution in [3.63, 3.8) is 0 Å². The number of aromatic nitrogens is 4. The van der Waals surface area contributed by atoms with Gasteiger partial charge in [-0.05, 0) is 37.1 Å². The van der Waals surface area contributed by atoms with Crippen molar-refractivity contribution in [1.82, 2.24) is 19.9 Å². The summed E-state index contributed by atoms with van der Waals surface area (Å²) in [6.45, 7) is 1.80. The minimum absolute atomic E-state index is 0.0783. The molecular weight excluding hydrogens is 390 g/mol. The van der Waals surface area contributed by atoms with Gasteiger partial charge in [0.1, 0.15) is 12.1 Å². The SMILES string of the molecule is O=C(Nc1ccncn1)N1c2nc(-c3cncc(Cl)c3)ccc2N2CCC1CC2. The monoisotopic (exact) mass is 407 g/mol.